The molecular weight excluding hydrogens is 162 g/mol. The summed E-state index contributed by atoms with van der Waals surface area (Å²) in [6.45, 7) is 8.10. The average molecular weight is 183 g/mol. The average Bonchev–Trinajstić information content (AvgIpc) is 2.16. The van der Waals surface area contributed by atoms with Gasteiger partial charge in [-0.05, 0) is 19.0 Å². The Bertz CT molecular complexity index is 190. The van der Waals surface area contributed by atoms with Gasteiger partial charge in [0.15, 0.2) is 0 Å². The number of nitrogens with one attached hydrogen (secondary N) is 1. The molecule has 1 atom stereocenters. The molecule has 1 N–H and O–H groups in total. The number of ether oxygens (including phenoxy) is 1. The summed E-state index contributed by atoms with van der Waals surface area (Å²) in [5, 5.41) is 3.18. The van der Waals surface area contributed by atoms with Crippen LogP contribution in [0.3, 0.4) is 0 Å². The smallest absolute Gasteiger partial charge is 0.0618 e. The number of hydrogen-bond acceptors (Lipinski definition) is 2. The molecule has 0 aromatic heterocycles. The fourth-order valence-electron chi connectivity index (χ4n) is 1.10. The quantitative estimate of drug-likeness (QED) is 0.611. The number of allylic oxidation sites excluding steroid dienone is 3. The molecule has 0 unspecified atom stereocenters. The van der Waals surface area contributed by atoms with Crippen molar-refractivity contribution in [3.05, 3.63) is 37.0 Å². The highest BCUT2D eigenvalue weighted by Gasteiger charge is 2.05. The highest BCUT2D eigenvalue weighted by Crippen LogP contribution is 2.06. The minimum Gasteiger partial charge on any atom is -0.383 e. The molecular formula is C11H21NO. The van der Waals surface area contributed by atoms with Crippen molar-refractivity contribution in [3.8, 4) is 0 Å². The van der Waals surface area contributed by atoms with Gasteiger partial charge in [0.05, 0.1) is 6.61 Å². The summed E-state index contributed by atoms with van der Waals surface area (Å²) in [5.41, 5.74) is 1.17. The van der Waals surface area contributed by atoms with E-state index in [1.54, 1.807) is 13.2 Å². The van der Waals surface area contributed by atoms with Crippen molar-refractivity contribution in [1.82, 2.24) is 5.32 Å². The van der Waals surface area contributed by atoms with E-state index in [1.165, 1.54) is 5.57 Å². The van der Waals surface area contributed by atoms with Gasteiger partial charge in [0, 0.05) is 14.6 Å². The van der Waals surface area contributed by atoms with Gasteiger partial charge in [-0.1, -0.05) is 31.4 Å². The highest BCUT2D eigenvalue weighted by molar-refractivity contribution is 5.21. The lowest BCUT2D eigenvalue weighted by atomic mass is 10.1. The van der Waals surface area contributed by atoms with Crippen molar-refractivity contribution in [2.45, 2.75) is 12.5 Å². The van der Waals surface area contributed by atoms with E-state index in [9.17, 15) is 0 Å². The Balaban J connectivity index is 0. The van der Waals surface area contributed by atoms with Crippen LogP contribution in [-0.2, 0) is 4.74 Å². The summed E-state index contributed by atoms with van der Waals surface area (Å²) in [4.78, 5) is 0. The Labute approximate surface area is 82.5 Å². The molecule has 0 rings (SSSR count). The Morgan fingerprint density at radius 3 is 2.69 bits per heavy atom. The summed E-state index contributed by atoms with van der Waals surface area (Å²) in [5.74, 6) is 0. The maximum atomic E-state index is 5.07. The predicted octanol–water partition coefficient (Wildman–Crippen LogP) is 2.16. The highest BCUT2D eigenvalue weighted by atomic mass is 16.5. The molecule has 0 aromatic rings. The van der Waals surface area contributed by atoms with Crippen LogP contribution in [-0.4, -0.2) is 26.8 Å². The summed E-state index contributed by atoms with van der Waals surface area (Å²) < 4.78 is 5.07. The summed E-state index contributed by atoms with van der Waals surface area (Å²) in [6.07, 6.45) is 6.51. The number of likely N-dealkylation sites (N-methyl/N-ethyl adjacent to an activating group) is 1. The molecule has 0 bridgehead atoms. The summed E-state index contributed by atoms with van der Waals surface area (Å²) in [7, 11) is 3.63. The molecule has 13 heavy (non-hydrogen) atoms. The SMILES string of the molecule is C=C/C=C(\C=C)C[C@@H](COC)NC.[HH]. The van der Waals surface area contributed by atoms with Gasteiger partial charge in [0.2, 0.25) is 0 Å². The van der Waals surface area contributed by atoms with E-state index in [1.807, 2.05) is 19.2 Å². The maximum Gasteiger partial charge on any atom is 0.0618 e. The molecule has 0 aliphatic rings. The van der Waals surface area contributed by atoms with E-state index in [0.717, 1.165) is 6.42 Å². The minimum atomic E-state index is 0. The van der Waals surface area contributed by atoms with Crippen LogP contribution in [0.1, 0.15) is 7.85 Å². The Hall–Kier alpha value is -0.860. The predicted molar refractivity (Wildman–Crippen MR) is 59.9 cm³/mol. The van der Waals surface area contributed by atoms with Crippen LogP contribution >= 0.6 is 0 Å². The fraction of sp³-hybridized carbons (Fsp3) is 0.455. The van der Waals surface area contributed by atoms with Gasteiger partial charge in [0.1, 0.15) is 0 Å². The zero-order valence-corrected chi connectivity index (χ0v) is 8.55. The van der Waals surface area contributed by atoms with E-state index in [2.05, 4.69) is 18.5 Å². The third-order valence-electron chi connectivity index (χ3n) is 1.85. The van der Waals surface area contributed by atoms with E-state index in [-0.39, 0.29) is 1.43 Å². The molecule has 0 aliphatic heterocycles. The second kappa shape index (κ2) is 7.77. The van der Waals surface area contributed by atoms with Crippen LogP contribution in [0.15, 0.2) is 37.0 Å². The first-order valence-electron chi connectivity index (χ1n) is 4.38. The van der Waals surface area contributed by atoms with Crippen molar-refractivity contribution in [2.75, 3.05) is 20.8 Å². The lowest BCUT2D eigenvalue weighted by Crippen LogP contribution is -2.30. The number of hydrogen-bond donors (Lipinski definition) is 1. The van der Waals surface area contributed by atoms with Gasteiger partial charge in [-0.2, -0.15) is 0 Å². The van der Waals surface area contributed by atoms with Gasteiger partial charge >= 0.3 is 0 Å². The van der Waals surface area contributed by atoms with Crippen LogP contribution in [0.25, 0.3) is 0 Å². The third kappa shape index (κ3) is 5.39. The first-order valence-corrected chi connectivity index (χ1v) is 4.38. The first kappa shape index (κ1) is 12.1. The van der Waals surface area contributed by atoms with Crippen LogP contribution in [0, 0.1) is 0 Å². The van der Waals surface area contributed by atoms with Crippen LogP contribution in [0.5, 0.6) is 0 Å². The first-order chi connectivity index (χ1) is 6.28. The van der Waals surface area contributed by atoms with E-state index < -0.39 is 0 Å². The molecule has 2 nitrogen and oxygen atoms in total. The van der Waals surface area contributed by atoms with Gasteiger partial charge in [-0.25, -0.2) is 0 Å². The topological polar surface area (TPSA) is 21.3 Å². The molecule has 2 heteroatoms. The molecule has 0 heterocycles. The van der Waals surface area contributed by atoms with E-state index in [0.29, 0.717) is 12.6 Å². The molecule has 0 aromatic carbocycles. The zero-order valence-electron chi connectivity index (χ0n) is 8.55. The van der Waals surface area contributed by atoms with Crippen LogP contribution < -0.4 is 5.32 Å². The Morgan fingerprint density at radius 2 is 2.31 bits per heavy atom. The van der Waals surface area contributed by atoms with Gasteiger partial charge in [-0.15, -0.1) is 0 Å². The van der Waals surface area contributed by atoms with Gasteiger partial charge in [-0.3, -0.25) is 0 Å². The molecule has 0 spiro atoms. The summed E-state index contributed by atoms with van der Waals surface area (Å²) >= 11 is 0. The molecule has 0 radical (unpaired) electrons. The van der Waals surface area contributed by atoms with Crippen molar-refractivity contribution < 1.29 is 6.16 Å². The van der Waals surface area contributed by atoms with Gasteiger partial charge < -0.3 is 10.1 Å². The van der Waals surface area contributed by atoms with Crippen LogP contribution in [0.4, 0.5) is 0 Å². The Morgan fingerprint density at radius 1 is 1.62 bits per heavy atom. The largest absolute Gasteiger partial charge is 0.383 e. The standard InChI is InChI=1S/C11H19NO.H2/c1-5-7-10(6-2)8-11(12-3)9-13-4;/h5-7,11-12H,1-2,8-9H2,3-4H3;1H/b10-7+;/t11-;/m0./s1. The van der Waals surface area contributed by atoms with Crippen molar-refractivity contribution in [3.63, 3.8) is 0 Å². The van der Waals surface area contributed by atoms with E-state index in [4.69, 9.17) is 4.74 Å². The number of rotatable bonds is 7. The van der Waals surface area contributed by atoms with Crippen molar-refractivity contribution in [2.24, 2.45) is 0 Å². The fourth-order valence-corrected chi connectivity index (χ4v) is 1.10. The second-order valence-electron chi connectivity index (χ2n) is 2.83. The normalized spacial score (nSPS) is 13.8. The molecule has 0 fully saturated rings. The van der Waals surface area contributed by atoms with Crippen molar-refractivity contribution >= 4 is 0 Å². The molecule has 76 valence electrons. The van der Waals surface area contributed by atoms with Gasteiger partial charge in [0.25, 0.3) is 0 Å². The summed E-state index contributed by atoms with van der Waals surface area (Å²) in [6, 6.07) is 0.342. The minimum absolute atomic E-state index is 0. The Kier molecular flexibility index (Phi) is 7.26. The third-order valence-corrected chi connectivity index (χ3v) is 1.85. The van der Waals surface area contributed by atoms with Crippen LogP contribution in [0.2, 0.25) is 0 Å². The lowest BCUT2D eigenvalue weighted by Gasteiger charge is -2.15. The monoisotopic (exact) mass is 183 g/mol. The lowest BCUT2D eigenvalue weighted by molar-refractivity contribution is 0.169. The molecule has 0 amide bonds. The maximum absolute atomic E-state index is 5.07. The second-order valence-corrected chi connectivity index (χ2v) is 2.83. The molecule has 0 saturated heterocycles. The number of methoxy groups -OCH3 is 1. The molecule has 0 saturated carbocycles. The van der Waals surface area contributed by atoms with Crippen molar-refractivity contribution in [1.29, 1.82) is 0 Å². The zero-order chi connectivity index (χ0) is 10.1. The van der Waals surface area contributed by atoms with E-state index >= 15 is 0 Å². The molecule has 0 aliphatic carbocycles.